The van der Waals surface area contributed by atoms with Gasteiger partial charge < -0.3 is 10.0 Å². The minimum Gasteiger partial charge on any atom is -0.493 e. The second-order valence-electron chi connectivity index (χ2n) is 8.93. The molecule has 5 heteroatoms. The van der Waals surface area contributed by atoms with Crippen LogP contribution in [0.25, 0.3) is 12.7 Å². The molecule has 0 unspecified atom stereocenters. The van der Waals surface area contributed by atoms with Crippen molar-refractivity contribution in [2.45, 2.75) is 58.4 Å². The Hall–Kier alpha value is -3.26. The molecule has 1 aromatic heterocycles. The lowest BCUT2D eigenvalue weighted by Crippen LogP contribution is -2.46. The third-order valence-corrected chi connectivity index (χ3v) is 6.66. The highest BCUT2D eigenvalue weighted by molar-refractivity contribution is 5.76. The van der Waals surface area contributed by atoms with E-state index < -0.39 is 0 Å². The minimum atomic E-state index is -0.306. The predicted octanol–water partition coefficient (Wildman–Crippen LogP) is 3.04. The summed E-state index contributed by atoms with van der Waals surface area (Å²) >= 11 is 0. The summed E-state index contributed by atoms with van der Waals surface area (Å²) in [6.45, 7) is 11.7. The number of hydrogen-bond donors (Lipinski definition) is 1. The van der Waals surface area contributed by atoms with Gasteiger partial charge in [-0.3, -0.25) is 9.36 Å². The molecular weight excluding hydrogens is 386 g/mol. The third kappa shape index (κ3) is 3.18. The van der Waals surface area contributed by atoms with Crippen LogP contribution in [0.15, 0.2) is 34.8 Å². The molecule has 5 nitrogen and oxygen atoms in total. The molecule has 0 radical (unpaired) electrons. The Labute approximate surface area is 182 Å². The zero-order valence-electron chi connectivity index (χ0n) is 18.5. The Balaban J connectivity index is 1.93. The van der Waals surface area contributed by atoms with Gasteiger partial charge in [0, 0.05) is 40.3 Å². The fraction of sp³-hybridized carbons (Fsp3) is 0.385. The molecule has 4 rings (SSSR count). The molecule has 2 aromatic rings. The number of unbranched alkanes of at least 4 members (excludes halogenated alkanes) is 1. The molecule has 0 saturated heterocycles. The van der Waals surface area contributed by atoms with Crippen molar-refractivity contribution < 1.29 is 5.11 Å². The summed E-state index contributed by atoms with van der Waals surface area (Å²) in [5, 5.41) is 20.7. The van der Waals surface area contributed by atoms with Crippen LogP contribution in [0.4, 0.5) is 5.69 Å². The molecule has 0 amide bonds. The average Bonchev–Trinajstić information content (AvgIpc) is 2.97. The van der Waals surface area contributed by atoms with Crippen LogP contribution in [0.2, 0.25) is 0 Å². The number of aromatic hydroxyl groups is 1. The SMILES string of the molecule is C=c1c(C#N)c(O)n(CCCC)c(=O)/c1=C\C=C1\N2CCCc3cccc(c32)C1(C)C. The monoisotopic (exact) mass is 415 g/mol. The first-order chi connectivity index (χ1) is 14.8. The number of para-hydroxylation sites is 1. The van der Waals surface area contributed by atoms with Crippen molar-refractivity contribution in [1.82, 2.24) is 4.57 Å². The summed E-state index contributed by atoms with van der Waals surface area (Å²) in [7, 11) is 0. The molecule has 0 saturated carbocycles. The van der Waals surface area contributed by atoms with Gasteiger partial charge in [0.25, 0.3) is 5.56 Å². The van der Waals surface area contributed by atoms with E-state index in [2.05, 4.69) is 43.5 Å². The number of hydrogen-bond acceptors (Lipinski definition) is 4. The van der Waals surface area contributed by atoms with E-state index in [1.54, 1.807) is 6.08 Å². The topological polar surface area (TPSA) is 69.3 Å². The first-order valence-corrected chi connectivity index (χ1v) is 11.0. The molecule has 1 N–H and O–H groups in total. The maximum atomic E-state index is 13.2. The molecule has 0 fully saturated rings. The van der Waals surface area contributed by atoms with Crippen LogP contribution in [-0.2, 0) is 18.4 Å². The molecule has 0 aliphatic carbocycles. The van der Waals surface area contributed by atoms with Crippen LogP contribution in [0.1, 0.15) is 56.7 Å². The van der Waals surface area contributed by atoms with Crippen molar-refractivity contribution in [3.05, 3.63) is 67.5 Å². The van der Waals surface area contributed by atoms with Crippen molar-refractivity contribution in [1.29, 1.82) is 5.26 Å². The summed E-state index contributed by atoms with van der Waals surface area (Å²) in [5.41, 5.74) is 4.69. The number of benzene rings is 1. The van der Waals surface area contributed by atoms with Gasteiger partial charge in [0.2, 0.25) is 5.88 Å². The van der Waals surface area contributed by atoms with E-state index in [1.165, 1.54) is 21.4 Å². The molecule has 2 aliphatic rings. The van der Waals surface area contributed by atoms with Crippen LogP contribution in [0.5, 0.6) is 5.88 Å². The van der Waals surface area contributed by atoms with Crippen LogP contribution in [0, 0.1) is 11.3 Å². The van der Waals surface area contributed by atoms with Crippen LogP contribution in [0.3, 0.4) is 0 Å². The molecule has 0 atom stereocenters. The summed E-state index contributed by atoms with van der Waals surface area (Å²) < 4.78 is 1.30. The van der Waals surface area contributed by atoms with Gasteiger partial charge in [-0.25, -0.2) is 0 Å². The largest absolute Gasteiger partial charge is 0.493 e. The zero-order chi connectivity index (χ0) is 22.3. The quantitative estimate of drug-likeness (QED) is 0.833. The number of aryl methyl sites for hydroxylation is 1. The van der Waals surface area contributed by atoms with E-state index in [4.69, 9.17) is 0 Å². The van der Waals surface area contributed by atoms with Crippen molar-refractivity contribution in [2.75, 3.05) is 11.4 Å². The van der Waals surface area contributed by atoms with E-state index in [0.717, 1.165) is 37.9 Å². The normalized spacial score (nSPS) is 18.3. The Morgan fingerprint density at radius 3 is 2.81 bits per heavy atom. The van der Waals surface area contributed by atoms with Crippen molar-refractivity contribution in [3.8, 4) is 11.9 Å². The van der Waals surface area contributed by atoms with Gasteiger partial charge in [0.05, 0.1) is 0 Å². The van der Waals surface area contributed by atoms with Crippen LogP contribution >= 0.6 is 0 Å². The molecule has 160 valence electrons. The molecule has 31 heavy (non-hydrogen) atoms. The maximum Gasteiger partial charge on any atom is 0.261 e. The van der Waals surface area contributed by atoms with Crippen molar-refractivity contribution in [2.24, 2.45) is 0 Å². The van der Waals surface area contributed by atoms with E-state index in [1.807, 2.05) is 19.1 Å². The van der Waals surface area contributed by atoms with Gasteiger partial charge >= 0.3 is 0 Å². The maximum absolute atomic E-state index is 13.2. The van der Waals surface area contributed by atoms with Gasteiger partial charge in [-0.2, -0.15) is 5.26 Å². The van der Waals surface area contributed by atoms with Gasteiger partial charge in [-0.15, -0.1) is 0 Å². The van der Waals surface area contributed by atoms with Crippen molar-refractivity contribution >= 4 is 18.3 Å². The Kier molecular flexibility index (Phi) is 5.26. The second-order valence-corrected chi connectivity index (χ2v) is 8.93. The Morgan fingerprint density at radius 1 is 1.32 bits per heavy atom. The number of rotatable bonds is 4. The van der Waals surface area contributed by atoms with Crippen molar-refractivity contribution in [3.63, 3.8) is 0 Å². The van der Waals surface area contributed by atoms with E-state index in [9.17, 15) is 15.2 Å². The highest BCUT2D eigenvalue weighted by Crippen LogP contribution is 2.50. The number of anilines is 1. The Morgan fingerprint density at radius 2 is 2.10 bits per heavy atom. The zero-order valence-corrected chi connectivity index (χ0v) is 18.5. The molecule has 0 bridgehead atoms. The van der Waals surface area contributed by atoms with Gasteiger partial charge in [0.15, 0.2) is 0 Å². The van der Waals surface area contributed by atoms with E-state index in [-0.39, 0.29) is 27.6 Å². The molecule has 0 spiro atoms. The highest BCUT2D eigenvalue weighted by Gasteiger charge is 2.41. The number of nitrogens with zero attached hydrogens (tertiary/aromatic N) is 3. The lowest BCUT2D eigenvalue weighted by molar-refractivity contribution is 0.398. The van der Waals surface area contributed by atoms with Gasteiger partial charge in [-0.1, -0.05) is 52.0 Å². The summed E-state index contributed by atoms with van der Waals surface area (Å²) in [6.07, 6.45) is 7.59. The minimum absolute atomic E-state index is 0.0644. The van der Waals surface area contributed by atoms with Gasteiger partial charge in [0.1, 0.15) is 11.6 Å². The number of nitriles is 1. The Bertz CT molecular complexity index is 1290. The molecule has 1 aromatic carbocycles. The fourth-order valence-corrected chi connectivity index (χ4v) is 4.92. The highest BCUT2D eigenvalue weighted by atomic mass is 16.3. The standard InChI is InChI=1S/C26H29N3O2/c1-5-6-14-29-24(30)19(17(2)20(16-27)25(29)31)12-13-22-26(3,4)21-11-7-9-18-10-8-15-28(22)23(18)21/h7,9,11-13,31H,2,5-6,8,10,14-15H2,1,3-4H3/b19-12-,22-13+. The van der Waals surface area contributed by atoms with E-state index >= 15 is 0 Å². The van der Waals surface area contributed by atoms with Crippen LogP contribution in [-0.4, -0.2) is 16.2 Å². The van der Waals surface area contributed by atoms with E-state index in [0.29, 0.717) is 11.8 Å². The molecule has 3 heterocycles. The second kappa shape index (κ2) is 7.77. The number of pyridine rings is 1. The number of allylic oxidation sites excluding steroid dienone is 2. The lowest BCUT2D eigenvalue weighted by Gasteiger charge is -2.30. The molecule has 2 aliphatic heterocycles. The van der Waals surface area contributed by atoms with Gasteiger partial charge in [-0.05, 0) is 42.5 Å². The molecular formula is C26H29N3O2. The smallest absolute Gasteiger partial charge is 0.261 e. The first-order valence-electron chi connectivity index (χ1n) is 11.0. The van der Waals surface area contributed by atoms with Crippen LogP contribution < -0.4 is 20.9 Å². The third-order valence-electron chi connectivity index (χ3n) is 6.66. The summed E-state index contributed by atoms with van der Waals surface area (Å²) in [6, 6.07) is 8.54. The average molecular weight is 416 g/mol. The summed E-state index contributed by atoms with van der Waals surface area (Å²) in [5.74, 6) is -0.287. The first kappa shape index (κ1) is 21.0. The fourth-order valence-electron chi connectivity index (χ4n) is 4.92. The lowest BCUT2D eigenvalue weighted by atomic mass is 9.83. The predicted molar refractivity (Wildman–Crippen MR) is 124 cm³/mol. The summed E-state index contributed by atoms with van der Waals surface area (Å²) in [4.78, 5) is 15.5. The number of aromatic nitrogens is 1.